The average molecular weight is 364 g/mol. The van der Waals surface area contributed by atoms with Gasteiger partial charge in [-0.05, 0) is 49.7 Å². The summed E-state index contributed by atoms with van der Waals surface area (Å²) in [7, 11) is -3.65. The van der Waals surface area contributed by atoms with E-state index >= 15 is 0 Å². The summed E-state index contributed by atoms with van der Waals surface area (Å²) < 4.78 is 32.2. The van der Waals surface area contributed by atoms with E-state index in [9.17, 15) is 13.2 Å². The number of hydrogen-bond donors (Lipinski definition) is 1. The van der Waals surface area contributed by atoms with Crippen molar-refractivity contribution in [1.29, 1.82) is 0 Å². The number of carbonyl (C=O) groups excluding carboxylic acids is 1. The molecule has 0 saturated heterocycles. The molecule has 1 amide bonds. The van der Waals surface area contributed by atoms with Crippen LogP contribution < -0.4 is 4.72 Å². The van der Waals surface area contributed by atoms with E-state index in [2.05, 4.69) is 11.6 Å². The van der Waals surface area contributed by atoms with Crippen LogP contribution in [0, 0.1) is 0 Å². The molecule has 0 aliphatic carbocycles. The number of unbranched alkanes of at least 4 members (excludes halogenated alkanes) is 1. The lowest BCUT2D eigenvalue weighted by Crippen LogP contribution is -2.31. The third kappa shape index (κ3) is 5.17. The van der Waals surface area contributed by atoms with Crippen molar-refractivity contribution in [3.8, 4) is 0 Å². The average Bonchev–Trinajstić information content (AvgIpc) is 3.14. The Morgan fingerprint density at radius 2 is 1.88 bits per heavy atom. The van der Waals surface area contributed by atoms with Crippen LogP contribution >= 0.6 is 0 Å². The van der Waals surface area contributed by atoms with Gasteiger partial charge in [-0.1, -0.05) is 13.3 Å². The van der Waals surface area contributed by atoms with Crippen LogP contribution in [0.15, 0.2) is 52.0 Å². The zero-order valence-electron chi connectivity index (χ0n) is 14.6. The van der Waals surface area contributed by atoms with Gasteiger partial charge in [-0.3, -0.25) is 4.79 Å². The van der Waals surface area contributed by atoms with Gasteiger partial charge >= 0.3 is 0 Å². The maximum Gasteiger partial charge on any atom is 0.253 e. The van der Waals surface area contributed by atoms with Crippen LogP contribution in [-0.2, 0) is 16.6 Å². The molecular formula is C18H24N2O4S. The zero-order chi connectivity index (χ0) is 18.3. The molecule has 25 heavy (non-hydrogen) atoms. The first-order valence-corrected chi connectivity index (χ1v) is 9.87. The molecule has 0 saturated carbocycles. The highest BCUT2D eigenvalue weighted by Crippen LogP contribution is 2.13. The van der Waals surface area contributed by atoms with Crippen LogP contribution in [0.3, 0.4) is 0 Å². The van der Waals surface area contributed by atoms with E-state index in [1.165, 1.54) is 18.4 Å². The van der Waals surface area contributed by atoms with Gasteiger partial charge in [0.25, 0.3) is 5.91 Å². The number of carbonyl (C=O) groups is 1. The van der Waals surface area contributed by atoms with Crippen molar-refractivity contribution in [2.24, 2.45) is 0 Å². The van der Waals surface area contributed by atoms with E-state index in [1.54, 1.807) is 29.2 Å². The molecule has 0 aliphatic heterocycles. The summed E-state index contributed by atoms with van der Waals surface area (Å²) in [6, 6.07) is 9.40. The summed E-state index contributed by atoms with van der Waals surface area (Å²) in [4.78, 5) is 14.4. The maximum atomic E-state index is 12.5. The minimum Gasteiger partial charge on any atom is -0.468 e. The molecule has 2 rings (SSSR count). The molecular weight excluding hydrogens is 340 g/mol. The van der Waals surface area contributed by atoms with Crippen LogP contribution in [0.1, 0.15) is 42.8 Å². The van der Waals surface area contributed by atoms with Gasteiger partial charge in [0.1, 0.15) is 5.76 Å². The van der Waals surface area contributed by atoms with Crippen molar-refractivity contribution >= 4 is 15.9 Å². The van der Waals surface area contributed by atoms with Crippen molar-refractivity contribution in [1.82, 2.24) is 9.62 Å². The van der Waals surface area contributed by atoms with Crippen LogP contribution in [0.2, 0.25) is 0 Å². The van der Waals surface area contributed by atoms with Gasteiger partial charge in [0.05, 0.1) is 17.7 Å². The van der Waals surface area contributed by atoms with Gasteiger partial charge in [-0.25, -0.2) is 13.1 Å². The van der Waals surface area contributed by atoms with Gasteiger partial charge < -0.3 is 9.32 Å². The second kappa shape index (κ2) is 8.82. The third-order valence-corrected chi connectivity index (χ3v) is 5.30. The quantitative estimate of drug-likeness (QED) is 0.742. The molecule has 136 valence electrons. The molecule has 6 nitrogen and oxygen atoms in total. The Balaban J connectivity index is 2.06. The van der Waals surface area contributed by atoms with Gasteiger partial charge in [-0.15, -0.1) is 0 Å². The number of amides is 1. The smallest absolute Gasteiger partial charge is 0.253 e. The highest BCUT2D eigenvalue weighted by molar-refractivity contribution is 7.89. The predicted octanol–water partition coefficient (Wildman–Crippen LogP) is 3.02. The molecule has 1 aromatic carbocycles. The summed E-state index contributed by atoms with van der Waals surface area (Å²) in [6.45, 7) is 5.43. The molecule has 0 radical (unpaired) electrons. The molecule has 7 heteroatoms. The molecule has 0 aliphatic rings. The van der Waals surface area contributed by atoms with E-state index in [0.717, 1.165) is 12.8 Å². The first kappa shape index (κ1) is 19.2. The van der Waals surface area contributed by atoms with E-state index in [4.69, 9.17) is 4.42 Å². The van der Waals surface area contributed by atoms with E-state index in [0.29, 0.717) is 24.4 Å². The Hall–Kier alpha value is -2.12. The first-order chi connectivity index (χ1) is 12.0. The summed E-state index contributed by atoms with van der Waals surface area (Å²) >= 11 is 0. The van der Waals surface area contributed by atoms with Crippen LogP contribution in [-0.4, -0.2) is 32.3 Å². The summed E-state index contributed by atoms with van der Waals surface area (Å²) in [5.41, 5.74) is 0.489. The standard InChI is InChI=1S/C18H24N2O4S/c1-3-5-12-20(4-2)18(21)15-8-10-17(11-9-15)25(22,23)19-14-16-7-6-13-24-16/h6-11,13,19H,3-5,12,14H2,1-2H3. The van der Waals surface area contributed by atoms with Crippen molar-refractivity contribution in [2.45, 2.75) is 38.1 Å². The fourth-order valence-electron chi connectivity index (χ4n) is 2.37. The van der Waals surface area contributed by atoms with Crippen LogP contribution in [0.4, 0.5) is 0 Å². The van der Waals surface area contributed by atoms with Gasteiger partial charge in [0, 0.05) is 18.7 Å². The third-order valence-electron chi connectivity index (χ3n) is 3.88. The lowest BCUT2D eigenvalue weighted by molar-refractivity contribution is 0.0762. The predicted molar refractivity (Wildman–Crippen MR) is 95.7 cm³/mol. The van der Waals surface area contributed by atoms with Crippen molar-refractivity contribution in [3.05, 3.63) is 54.0 Å². The topological polar surface area (TPSA) is 79.6 Å². The first-order valence-electron chi connectivity index (χ1n) is 8.39. The van der Waals surface area contributed by atoms with Crippen LogP contribution in [0.5, 0.6) is 0 Å². The number of sulfonamides is 1. The van der Waals surface area contributed by atoms with Crippen LogP contribution in [0.25, 0.3) is 0 Å². The van der Waals surface area contributed by atoms with Crippen molar-refractivity contribution < 1.29 is 17.6 Å². The number of benzene rings is 1. The summed E-state index contributed by atoms with van der Waals surface area (Å²) in [6.07, 6.45) is 3.45. The molecule has 0 unspecified atom stereocenters. The Labute approximate surface area is 148 Å². The molecule has 0 fully saturated rings. The Bertz CT molecular complexity index is 768. The van der Waals surface area contributed by atoms with Gasteiger partial charge in [0.15, 0.2) is 0 Å². The normalized spacial score (nSPS) is 11.4. The minimum atomic E-state index is -3.65. The minimum absolute atomic E-state index is 0.0800. The van der Waals surface area contributed by atoms with E-state index in [1.807, 2.05) is 6.92 Å². The number of rotatable bonds is 9. The van der Waals surface area contributed by atoms with Crippen molar-refractivity contribution in [3.63, 3.8) is 0 Å². The summed E-state index contributed by atoms with van der Waals surface area (Å²) in [5, 5.41) is 0. The van der Waals surface area contributed by atoms with E-state index in [-0.39, 0.29) is 17.3 Å². The Morgan fingerprint density at radius 3 is 2.44 bits per heavy atom. The number of nitrogens with zero attached hydrogens (tertiary/aromatic N) is 1. The largest absolute Gasteiger partial charge is 0.468 e. The molecule has 0 bridgehead atoms. The fourth-order valence-corrected chi connectivity index (χ4v) is 3.37. The number of nitrogens with one attached hydrogen (secondary N) is 1. The fraction of sp³-hybridized carbons (Fsp3) is 0.389. The Kier molecular flexibility index (Phi) is 6.78. The lowest BCUT2D eigenvalue weighted by Gasteiger charge is -2.20. The second-order valence-corrected chi connectivity index (χ2v) is 7.43. The van der Waals surface area contributed by atoms with Gasteiger partial charge in [-0.2, -0.15) is 0 Å². The molecule has 1 N–H and O–H groups in total. The molecule has 1 aromatic heterocycles. The molecule has 2 aromatic rings. The molecule has 0 atom stereocenters. The SMILES string of the molecule is CCCCN(CC)C(=O)c1ccc(S(=O)(=O)NCc2ccco2)cc1. The van der Waals surface area contributed by atoms with Gasteiger partial charge in [0.2, 0.25) is 10.0 Å². The monoisotopic (exact) mass is 364 g/mol. The maximum absolute atomic E-state index is 12.5. The molecule has 0 spiro atoms. The highest BCUT2D eigenvalue weighted by atomic mass is 32.2. The van der Waals surface area contributed by atoms with Crippen molar-refractivity contribution in [2.75, 3.05) is 13.1 Å². The summed E-state index contributed by atoms with van der Waals surface area (Å²) in [5.74, 6) is 0.452. The zero-order valence-corrected chi connectivity index (χ0v) is 15.4. The highest BCUT2D eigenvalue weighted by Gasteiger charge is 2.17. The second-order valence-electron chi connectivity index (χ2n) is 5.67. The number of furan rings is 1. The Morgan fingerprint density at radius 1 is 1.16 bits per heavy atom. The number of hydrogen-bond acceptors (Lipinski definition) is 4. The van der Waals surface area contributed by atoms with E-state index < -0.39 is 10.0 Å². The lowest BCUT2D eigenvalue weighted by atomic mass is 10.2. The molecule has 1 heterocycles.